The zero-order valence-electron chi connectivity index (χ0n) is 16.9. The van der Waals surface area contributed by atoms with Gasteiger partial charge in [0.25, 0.3) is 0 Å². The van der Waals surface area contributed by atoms with Gasteiger partial charge in [0, 0.05) is 17.5 Å². The van der Waals surface area contributed by atoms with Crippen LogP contribution in [0.2, 0.25) is 0 Å². The number of carbonyl (C=O) groups is 1. The molecule has 0 N–H and O–H groups in total. The average Bonchev–Trinajstić information content (AvgIpc) is 3.20. The third kappa shape index (κ3) is 4.31. The van der Waals surface area contributed by atoms with Gasteiger partial charge in [-0.3, -0.25) is 9.10 Å². The lowest BCUT2D eigenvalue weighted by molar-refractivity contribution is -0.145. The minimum absolute atomic E-state index is 0.0173. The zero-order valence-corrected chi connectivity index (χ0v) is 18.5. The Bertz CT molecular complexity index is 1310. The van der Waals surface area contributed by atoms with Crippen LogP contribution in [0.15, 0.2) is 47.5 Å². The fraction of sp³-hybridized carbons (Fsp3) is 0.286. The number of carbonyl (C=O) groups excluding carboxylic acids is 1. The van der Waals surface area contributed by atoms with Gasteiger partial charge in [0.2, 0.25) is 15.8 Å². The Kier molecular flexibility index (Phi) is 5.89. The number of thioether (sulfide) groups is 1. The Morgan fingerprint density at radius 3 is 2.62 bits per heavy atom. The van der Waals surface area contributed by atoms with E-state index in [1.807, 2.05) is 0 Å². The van der Waals surface area contributed by atoms with Crippen LogP contribution in [0.4, 0.5) is 18.9 Å². The second-order valence-corrected chi connectivity index (χ2v) is 10.3. The van der Waals surface area contributed by atoms with Crippen molar-refractivity contribution in [3.8, 4) is 0 Å². The molecule has 168 valence electrons. The molecule has 32 heavy (non-hydrogen) atoms. The normalized spacial score (nSPS) is 14.1. The molecular weight excluding hydrogens is 463 g/mol. The quantitative estimate of drug-likeness (QED) is 0.296. The number of aromatic nitrogens is 2. The number of ketones is 1. The summed E-state index contributed by atoms with van der Waals surface area (Å²) >= 11 is 0.918. The number of alkyl halides is 3. The molecule has 0 saturated heterocycles. The van der Waals surface area contributed by atoms with Crippen molar-refractivity contribution in [2.75, 3.05) is 22.4 Å². The van der Waals surface area contributed by atoms with Gasteiger partial charge in [-0.15, -0.1) is 0 Å². The van der Waals surface area contributed by atoms with E-state index in [4.69, 9.17) is 0 Å². The summed E-state index contributed by atoms with van der Waals surface area (Å²) in [5.41, 5.74) is 1.85. The van der Waals surface area contributed by atoms with Crippen LogP contribution >= 0.6 is 11.8 Å². The van der Waals surface area contributed by atoms with Gasteiger partial charge in [0.15, 0.2) is 5.78 Å². The molecule has 0 radical (unpaired) electrons. The Balaban J connectivity index is 1.57. The van der Waals surface area contributed by atoms with Gasteiger partial charge in [-0.25, -0.2) is 18.4 Å². The van der Waals surface area contributed by atoms with Gasteiger partial charge < -0.3 is 0 Å². The van der Waals surface area contributed by atoms with Crippen LogP contribution in [0.1, 0.15) is 28.7 Å². The minimum atomic E-state index is -4.70. The lowest BCUT2D eigenvalue weighted by Crippen LogP contribution is -2.30. The molecule has 3 aromatic rings. The maximum Gasteiger partial charge on any atom is 0.451 e. The molecule has 2 heterocycles. The van der Waals surface area contributed by atoms with E-state index in [1.54, 1.807) is 43.3 Å². The molecule has 4 rings (SSSR count). The fourth-order valence-electron chi connectivity index (χ4n) is 3.49. The summed E-state index contributed by atoms with van der Waals surface area (Å²) < 4.78 is 65.3. The van der Waals surface area contributed by atoms with Gasteiger partial charge in [0.1, 0.15) is 5.03 Å². The molecule has 0 fully saturated rings. The van der Waals surface area contributed by atoms with Gasteiger partial charge in [-0.1, -0.05) is 30.0 Å². The van der Waals surface area contributed by atoms with E-state index in [0.717, 1.165) is 17.3 Å². The fourth-order valence-corrected chi connectivity index (χ4v) is 5.56. The number of sulfonamides is 1. The molecule has 1 aliphatic rings. The van der Waals surface area contributed by atoms with Crippen LogP contribution < -0.4 is 4.31 Å². The molecule has 0 atom stereocenters. The van der Waals surface area contributed by atoms with Crippen molar-refractivity contribution in [2.45, 2.75) is 24.5 Å². The molecule has 1 aromatic heterocycles. The number of rotatable bonds is 6. The molecular formula is C21H18F3N3O3S2. The highest BCUT2D eigenvalue weighted by molar-refractivity contribution is 8.00. The first-order valence-corrected chi connectivity index (χ1v) is 12.3. The first-order valence-electron chi connectivity index (χ1n) is 9.73. The summed E-state index contributed by atoms with van der Waals surface area (Å²) in [6, 6.07) is 11.1. The predicted octanol–water partition coefficient (Wildman–Crippen LogP) is 4.34. The standard InChI is InChI=1S/C21H18F3N3O3S2/c1-2-32(29,30)27-10-9-13-11-14(7-8-17(13)27)18(28)12-31-19-15-5-3-4-6-16(15)25-20(26-19)21(22,23)24/h3-8,11H,2,9-10,12H2,1H3. The molecule has 6 nitrogen and oxygen atoms in total. The zero-order chi connectivity index (χ0) is 23.1. The lowest BCUT2D eigenvalue weighted by atomic mass is 10.1. The van der Waals surface area contributed by atoms with Crippen molar-refractivity contribution >= 4 is 44.2 Å². The summed E-state index contributed by atoms with van der Waals surface area (Å²) in [7, 11) is -3.39. The maximum absolute atomic E-state index is 13.2. The highest BCUT2D eigenvalue weighted by Crippen LogP contribution is 2.34. The number of hydrogen-bond donors (Lipinski definition) is 0. The van der Waals surface area contributed by atoms with Crippen LogP contribution in [0.3, 0.4) is 0 Å². The number of benzene rings is 2. The molecule has 0 unspecified atom stereocenters. The maximum atomic E-state index is 13.2. The van der Waals surface area contributed by atoms with Crippen molar-refractivity contribution in [3.63, 3.8) is 0 Å². The summed E-state index contributed by atoms with van der Waals surface area (Å²) in [5, 5.41) is 0.519. The summed E-state index contributed by atoms with van der Waals surface area (Å²) in [5.74, 6) is -1.67. The third-order valence-corrected chi connectivity index (χ3v) is 7.89. The van der Waals surface area contributed by atoms with E-state index in [-0.39, 0.29) is 27.8 Å². The second-order valence-electron chi connectivity index (χ2n) is 7.15. The lowest BCUT2D eigenvalue weighted by Gasteiger charge is -2.18. The minimum Gasteiger partial charge on any atom is -0.293 e. The predicted molar refractivity (Wildman–Crippen MR) is 117 cm³/mol. The smallest absolute Gasteiger partial charge is 0.293 e. The molecule has 2 aromatic carbocycles. The van der Waals surface area contributed by atoms with E-state index in [1.165, 1.54) is 10.4 Å². The second kappa shape index (κ2) is 8.36. The average molecular weight is 482 g/mol. The summed E-state index contributed by atoms with van der Waals surface area (Å²) in [6.07, 6.45) is -4.21. The highest BCUT2D eigenvalue weighted by Gasteiger charge is 2.35. The van der Waals surface area contributed by atoms with E-state index < -0.39 is 22.0 Å². The van der Waals surface area contributed by atoms with Crippen LogP contribution in [0.5, 0.6) is 0 Å². The SMILES string of the molecule is CCS(=O)(=O)N1CCc2cc(C(=O)CSc3nc(C(F)(F)F)nc4ccccc34)ccc21. The number of fused-ring (bicyclic) bond motifs is 2. The number of hydrogen-bond acceptors (Lipinski definition) is 6. The first kappa shape index (κ1) is 22.5. The Morgan fingerprint density at radius 1 is 1.16 bits per heavy atom. The summed E-state index contributed by atoms with van der Waals surface area (Å²) in [4.78, 5) is 20.0. The molecule has 11 heteroatoms. The molecule has 0 bridgehead atoms. The molecule has 0 aliphatic carbocycles. The number of para-hydroxylation sites is 1. The van der Waals surface area contributed by atoms with Gasteiger partial charge in [-0.2, -0.15) is 13.2 Å². The summed E-state index contributed by atoms with van der Waals surface area (Å²) in [6.45, 7) is 1.90. The number of Topliss-reactive ketones (excluding diaryl/α,β-unsaturated/α-hetero) is 1. The van der Waals surface area contributed by atoms with Crippen LogP contribution in [-0.2, 0) is 22.6 Å². The van der Waals surface area contributed by atoms with E-state index in [9.17, 15) is 26.4 Å². The van der Waals surface area contributed by atoms with Crippen molar-refractivity contribution in [1.82, 2.24) is 9.97 Å². The number of anilines is 1. The number of halogens is 3. The Morgan fingerprint density at radius 2 is 1.91 bits per heavy atom. The van der Waals surface area contributed by atoms with Crippen LogP contribution in [0, 0.1) is 0 Å². The monoisotopic (exact) mass is 481 g/mol. The first-order chi connectivity index (χ1) is 15.1. The van der Waals surface area contributed by atoms with E-state index in [2.05, 4.69) is 9.97 Å². The van der Waals surface area contributed by atoms with Crippen molar-refractivity contribution in [1.29, 1.82) is 0 Å². The Hall–Kier alpha value is -2.66. The van der Waals surface area contributed by atoms with E-state index >= 15 is 0 Å². The topological polar surface area (TPSA) is 80.2 Å². The third-order valence-electron chi connectivity index (χ3n) is 5.12. The van der Waals surface area contributed by atoms with Crippen LogP contribution in [0.25, 0.3) is 10.9 Å². The van der Waals surface area contributed by atoms with Crippen molar-refractivity contribution < 1.29 is 26.4 Å². The molecule has 1 aliphatic heterocycles. The van der Waals surface area contributed by atoms with Crippen molar-refractivity contribution in [3.05, 3.63) is 59.4 Å². The van der Waals surface area contributed by atoms with Gasteiger partial charge in [0.05, 0.1) is 22.7 Å². The Labute approximate surface area is 186 Å². The van der Waals surface area contributed by atoms with Gasteiger partial charge >= 0.3 is 6.18 Å². The van der Waals surface area contributed by atoms with E-state index in [0.29, 0.717) is 29.6 Å². The van der Waals surface area contributed by atoms with Gasteiger partial charge in [-0.05, 0) is 43.2 Å². The van der Waals surface area contributed by atoms with Crippen molar-refractivity contribution in [2.24, 2.45) is 0 Å². The number of nitrogens with zero attached hydrogens (tertiary/aromatic N) is 3. The molecule has 0 saturated carbocycles. The highest BCUT2D eigenvalue weighted by atomic mass is 32.2. The van der Waals surface area contributed by atoms with Crippen LogP contribution in [-0.4, -0.2) is 42.2 Å². The molecule has 0 amide bonds. The largest absolute Gasteiger partial charge is 0.451 e. The molecule has 0 spiro atoms.